The van der Waals surface area contributed by atoms with Gasteiger partial charge < -0.3 is 24.8 Å². The lowest BCUT2D eigenvalue weighted by molar-refractivity contribution is 0.324. The van der Waals surface area contributed by atoms with E-state index < -0.39 is 0 Å². The SMILES string of the molecule is CCNC(=NCc1cc(OC)c(OC)c(OC)c1)NCC(C)(C)c1cccc(F)c1.I. The summed E-state index contributed by atoms with van der Waals surface area (Å²) >= 11 is 0. The quantitative estimate of drug-likeness (QED) is 0.276. The molecule has 0 spiro atoms. The molecule has 0 saturated carbocycles. The molecule has 6 nitrogen and oxygen atoms in total. The van der Waals surface area contributed by atoms with Crippen molar-refractivity contribution in [1.29, 1.82) is 0 Å². The fraction of sp³-hybridized carbons (Fsp3) is 0.435. The Morgan fingerprint density at radius 1 is 1.00 bits per heavy atom. The standard InChI is InChI=1S/C23H32FN3O3.HI/c1-7-25-22(27-15-23(2,3)17-9-8-10-18(24)13-17)26-14-16-11-19(28-4)21(30-6)20(12-16)29-5;/h8-13H,7,14-15H2,1-6H3,(H2,25,26,27);1H. The number of nitrogens with one attached hydrogen (secondary N) is 2. The predicted octanol–water partition coefficient (Wildman–Crippen LogP) is 4.50. The summed E-state index contributed by atoms with van der Waals surface area (Å²) < 4.78 is 29.8. The highest BCUT2D eigenvalue weighted by molar-refractivity contribution is 14.0. The van der Waals surface area contributed by atoms with Crippen LogP contribution in [0.1, 0.15) is 31.9 Å². The van der Waals surface area contributed by atoms with Crippen LogP contribution in [0.4, 0.5) is 4.39 Å². The summed E-state index contributed by atoms with van der Waals surface area (Å²) in [5, 5.41) is 6.60. The lowest BCUT2D eigenvalue weighted by Gasteiger charge is -2.27. The van der Waals surface area contributed by atoms with Crippen molar-refractivity contribution in [2.75, 3.05) is 34.4 Å². The lowest BCUT2D eigenvalue weighted by atomic mass is 9.84. The van der Waals surface area contributed by atoms with Crippen LogP contribution in [0.15, 0.2) is 41.4 Å². The number of halogens is 2. The third-order valence-electron chi connectivity index (χ3n) is 4.79. The summed E-state index contributed by atoms with van der Waals surface area (Å²) in [7, 11) is 4.75. The van der Waals surface area contributed by atoms with Crippen LogP contribution in [0.3, 0.4) is 0 Å². The van der Waals surface area contributed by atoms with Gasteiger partial charge in [0.25, 0.3) is 0 Å². The van der Waals surface area contributed by atoms with Crippen molar-refractivity contribution in [3.05, 3.63) is 53.3 Å². The third kappa shape index (κ3) is 7.45. The van der Waals surface area contributed by atoms with Gasteiger partial charge in [0.1, 0.15) is 5.82 Å². The molecule has 0 aromatic heterocycles. The number of hydrogen-bond acceptors (Lipinski definition) is 4. The molecular weight excluding hydrogens is 512 g/mol. The van der Waals surface area contributed by atoms with Crippen molar-refractivity contribution in [3.8, 4) is 17.2 Å². The van der Waals surface area contributed by atoms with Crippen molar-refractivity contribution in [2.45, 2.75) is 32.7 Å². The Kier molecular flexibility index (Phi) is 10.9. The second kappa shape index (κ2) is 12.6. The molecule has 0 unspecified atom stereocenters. The van der Waals surface area contributed by atoms with E-state index in [1.807, 2.05) is 25.1 Å². The van der Waals surface area contributed by atoms with Gasteiger partial charge in [0, 0.05) is 18.5 Å². The summed E-state index contributed by atoms with van der Waals surface area (Å²) in [6.07, 6.45) is 0. The first-order valence-corrected chi connectivity index (χ1v) is 9.91. The number of rotatable bonds is 9. The highest BCUT2D eigenvalue weighted by Gasteiger charge is 2.21. The van der Waals surface area contributed by atoms with Crippen molar-refractivity contribution in [3.63, 3.8) is 0 Å². The zero-order valence-corrected chi connectivity index (χ0v) is 21.4. The molecule has 0 heterocycles. The van der Waals surface area contributed by atoms with Gasteiger partial charge in [-0.15, -0.1) is 24.0 Å². The lowest BCUT2D eigenvalue weighted by Crippen LogP contribution is -2.43. The van der Waals surface area contributed by atoms with Crippen molar-refractivity contribution >= 4 is 29.9 Å². The van der Waals surface area contributed by atoms with E-state index in [9.17, 15) is 4.39 Å². The van der Waals surface area contributed by atoms with Gasteiger partial charge in [-0.25, -0.2) is 9.38 Å². The summed E-state index contributed by atoms with van der Waals surface area (Å²) in [5.74, 6) is 2.17. The molecule has 0 aliphatic heterocycles. The number of guanidine groups is 1. The third-order valence-corrected chi connectivity index (χ3v) is 4.79. The van der Waals surface area contributed by atoms with Gasteiger partial charge >= 0.3 is 0 Å². The number of hydrogen-bond donors (Lipinski definition) is 2. The molecule has 0 aliphatic rings. The first kappa shape index (κ1) is 26.8. The summed E-state index contributed by atoms with van der Waals surface area (Å²) in [6, 6.07) is 10.5. The average molecular weight is 545 g/mol. The molecule has 0 radical (unpaired) electrons. The average Bonchev–Trinajstić information content (AvgIpc) is 2.74. The fourth-order valence-electron chi connectivity index (χ4n) is 3.05. The van der Waals surface area contributed by atoms with E-state index in [-0.39, 0.29) is 35.2 Å². The molecule has 0 atom stereocenters. The number of nitrogens with zero attached hydrogens (tertiary/aromatic N) is 1. The van der Waals surface area contributed by atoms with E-state index in [4.69, 9.17) is 14.2 Å². The Morgan fingerprint density at radius 2 is 1.65 bits per heavy atom. The molecule has 172 valence electrons. The Balaban J connectivity index is 0.00000480. The van der Waals surface area contributed by atoms with Gasteiger partial charge in [0.05, 0.1) is 27.9 Å². The van der Waals surface area contributed by atoms with Crippen molar-refractivity contribution < 1.29 is 18.6 Å². The zero-order chi connectivity index (χ0) is 22.1. The predicted molar refractivity (Wildman–Crippen MR) is 134 cm³/mol. The van der Waals surface area contributed by atoms with Crippen LogP contribution in [0, 0.1) is 5.82 Å². The van der Waals surface area contributed by atoms with Gasteiger partial charge in [-0.2, -0.15) is 0 Å². The van der Waals surface area contributed by atoms with E-state index in [1.54, 1.807) is 33.5 Å². The molecule has 0 bridgehead atoms. The van der Waals surface area contributed by atoms with E-state index in [2.05, 4.69) is 29.5 Å². The monoisotopic (exact) mass is 545 g/mol. The zero-order valence-electron chi connectivity index (χ0n) is 19.0. The van der Waals surface area contributed by atoms with Gasteiger partial charge in [-0.3, -0.25) is 0 Å². The fourth-order valence-corrected chi connectivity index (χ4v) is 3.05. The maximum Gasteiger partial charge on any atom is 0.203 e. The van der Waals surface area contributed by atoms with Crippen LogP contribution in [0.2, 0.25) is 0 Å². The topological polar surface area (TPSA) is 64.1 Å². The normalized spacial score (nSPS) is 11.4. The molecule has 0 aliphatic carbocycles. The maximum absolute atomic E-state index is 13.6. The minimum absolute atomic E-state index is 0. The molecule has 2 aromatic rings. The van der Waals surface area contributed by atoms with Crippen LogP contribution in [0.5, 0.6) is 17.2 Å². The summed E-state index contributed by atoms with van der Waals surface area (Å²) in [5.41, 5.74) is 1.58. The molecule has 0 saturated heterocycles. The molecule has 2 N–H and O–H groups in total. The summed E-state index contributed by atoms with van der Waals surface area (Å²) in [4.78, 5) is 4.67. The molecule has 31 heavy (non-hydrogen) atoms. The van der Waals surface area contributed by atoms with Gasteiger partial charge in [0.2, 0.25) is 5.75 Å². The van der Waals surface area contributed by atoms with Crippen molar-refractivity contribution in [2.24, 2.45) is 4.99 Å². The largest absolute Gasteiger partial charge is 0.493 e. The summed E-state index contributed by atoms with van der Waals surface area (Å²) in [6.45, 7) is 7.88. The molecule has 8 heteroatoms. The number of ether oxygens (including phenoxy) is 3. The highest BCUT2D eigenvalue weighted by atomic mass is 127. The first-order valence-electron chi connectivity index (χ1n) is 9.91. The Hall–Kier alpha value is -2.23. The van der Waals surface area contributed by atoms with Crippen LogP contribution in [-0.2, 0) is 12.0 Å². The maximum atomic E-state index is 13.6. The Bertz CT molecular complexity index is 850. The van der Waals surface area contributed by atoms with Gasteiger partial charge in [-0.05, 0) is 42.3 Å². The molecular formula is C23H33FIN3O3. The van der Waals surface area contributed by atoms with Crippen molar-refractivity contribution in [1.82, 2.24) is 10.6 Å². The highest BCUT2D eigenvalue weighted by Crippen LogP contribution is 2.38. The minimum atomic E-state index is -0.273. The molecule has 2 rings (SSSR count). The van der Waals surface area contributed by atoms with E-state index >= 15 is 0 Å². The second-order valence-electron chi connectivity index (χ2n) is 7.48. The van der Waals surface area contributed by atoms with Crippen LogP contribution < -0.4 is 24.8 Å². The number of aliphatic imine (C=N–C) groups is 1. The van der Waals surface area contributed by atoms with Crippen LogP contribution >= 0.6 is 24.0 Å². The molecule has 0 amide bonds. The van der Waals surface area contributed by atoms with Gasteiger partial charge in [0.15, 0.2) is 17.5 Å². The van der Waals surface area contributed by atoms with E-state index in [0.717, 1.165) is 17.7 Å². The smallest absolute Gasteiger partial charge is 0.203 e. The van der Waals surface area contributed by atoms with Crippen LogP contribution in [-0.4, -0.2) is 40.4 Å². The number of benzene rings is 2. The van der Waals surface area contributed by atoms with Crippen LogP contribution in [0.25, 0.3) is 0 Å². The van der Waals surface area contributed by atoms with E-state index in [0.29, 0.717) is 36.3 Å². The molecule has 2 aromatic carbocycles. The van der Waals surface area contributed by atoms with E-state index in [1.165, 1.54) is 6.07 Å². The number of methoxy groups -OCH3 is 3. The Morgan fingerprint density at radius 3 is 2.16 bits per heavy atom. The van der Waals surface area contributed by atoms with Gasteiger partial charge in [-0.1, -0.05) is 26.0 Å². The second-order valence-corrected chi connectivity index (χ2v) is 7.48. The minimum Gasteiger partial charge on any atom is -0.493 e. The Labute approximate surface area is 201 Å². The first-order chi connectivity index (χ1) is 14.3. The molecule has 0 fully saturated rings.